The fourth-order valence-corrected chi connectivity index (χ4v) is 3.65. The number of rotatable bonds is 14. The molecule has 2 aromatic rings. The van der Waals surface area contributed by atoms with Gasteiger partial charge < -0.3 is 9.38 Å². The predicted molar refractivity (Wildman–Crippen MR) is 138 cm³/mol. The number of phosphoric acid groups is 1. The zero-order valence-corrected chi connectivity index (χ0v) is 20.9. The molecule has 0 aliphatic carbocycles. The summed E-state index contributed by atoms with van der Waals surface area (Å²) in [5.74, 6) is 0. The molecule has 0 bridgehead atoms. The number of quaternary nitrogens is 1. The number of allylic oxidation sites excluding steroid dienone is 4. The van der Waals surface area contributed by atoms with Crippen LogP contribution in [-0.2, 0) is 20.0 Å². The summed E-state index contributed by atoms with van der Waals surface area (Å²) in [5, 5.41) is 0. The van der Waals surface area contributed by atoms with Crippen LogP contribution in [0, 0.1) is 0 Å². The van der Waals surface area contributed by atoms with Gasteiger partial charge in [0.25, 0.3) is 0 Å². The molecule has 1 atom stereocenters. The van der Waals surface area contributed by atoms with E-state index in [0.29, 0.717) is 17.4 Å². The van der Waals surface area contributed by atoms with E-state index in [1.807, 2.05) is 63.6 Å². The Balaban J connectivity index is 1.63. The Labute approximate surface area is 198 Å². The van der Waals surface area contributed by atoms with Crippen molar-refractivity contribution in [1.29, 1.82) is 0 Å². The van der Waals surface area contributed by atoms with Crippen LogP contribution in [0.15, 0.2) is 78.9 Å². The van der Waals surface area contributed by atoms with Crippen LogP contribution in [0.1, 0.15) is 29.5 Å². The van der Waals surface area contributed by atoms with Gasteiger partial charge in [0, 0.05) is 0 Å². The Morgan fingerprint density at radius 3 is 1.97 bits per heavy atom. The van der Waals surface area contributed by atoms with Crippen molar-refractivity contribution in [3.05, 3.63) is 95.6 Å². The number of phosphoric ester groups is 1. The quantitative estimate of drug-likeness (QED) is 0.156. The molecule has 0 spiro atoms. The van der Waals surface area contributed by atoms with E-state index >= 15 is 0 Å². The molecule has 1 unspecified atom stereocenters. The number of benzene rings is 2. The Kier molecular flexibility index (Phi) is 11.5. The van der Waals surface area contributed by atoms with E-state index in [0.717, 1.165) is 18.4 Å². The zero-order chi connectivity index (χ0) is 24.0. The molecule has 0 heterocycles. The number of nitrogens with zero attached hydrogens (tertiary/aromatic N) is 1. The summed E-state index contributed by atoms with van der Waals surface area (Å²) >= 11 is 0. The monoisotopic (exact) mass is 470 g/mol. The number of hydrogen-bond donors (Lipinski definition) is 1. The predicted octanol–water partition coefficient (Wildman–Crippen LogP) is 6.13. The van der Waals surface area contributed by atoms with Crippen molar-refractivity contribution in [3.63, 3.8) is 0 Å². The van der Waals surface area contributed by atoms with E-state index in [9.17, 15) is 9.46 Å². The van der Waals surface area contributed by atoms with E-state index in [2.05, 4.69) is 48.6 Å². The smallest absolute Gasteiger partial charge is 0.329 e. The average molecular weight is 471 g/mol. The molecule has 5 nitrogen and oxygen atoms in total. The molecule has 0 saturated carbocycles. The SMILES string of the molecule is C[N+](C)(C)CCOP(=O)(O)OCCCCc1ccc(/C=C/C=C/C=C/c2ccccc2)cc1. The Bertz CT molecular complexity index is 944. The molecular formula is C27H37NO4P+. The van der Waals surface area contributed by atoms with Gasteiger partial charge >= 0.3 is 7.82 Å². The lowest BCUT2D eigenvalue weighted by Gasteiger charge is -2.24. The summed E-state index contributed by atoms with van der Waals surface area (Å²) in [7, 11) is 2.04. The average Bonchev–Trinajstić information content (AvgIpc) is 2.76. The van der Waals surface area contributed by atoms with E-state index in [1.165, 1.54) is 11.1 Å². The van der Waals surface area contributed by atoms with Gasteiger partial charge in [-0.15, -0.1) is 0 Å². The maximum absolute atomic E-state index is 11.9. The number of unbranched alkanes of at least 4 members (excludes halogenated alkanes) is 1. The van der Waals surface area contributed by atoms with E-state index in [4.69, 9.17) is 9.05 Å². The van der Waals surface area contributed by atoms with Gasteiger partial charge in [-0.2, -0.15) is 0 Å². The van der Waals surface area contributed by atoms with Gasteiger partial charge in [0.1, 0.15) is 13.2 Å². The molecule has 0 aliphatic heterocycles. The number of aryl methyl sites for hydroxylation is 1. The third-order valence-electron chi connectivity index (χ3n) is 4.82. The lowest BCUT2D eigenvalue weighted by molar-refractivity contribution is -0.870. The molecule has 1 N–H and O–H groups in total. The van der Waals surface area contributed by atoms with E-state index in [-0.39, 0.29) is 13.2 Å². The topological polar surface area (TPSA) is 55.8 Å². The third kappa shape index (κ3) is 13.1. The molecule has 0 fully saturated rings. The second kappa shape index (κ2) is 14.1. The summed E-state index contributed by atoms with van der Waals surface area (Å²) in [6.07, 6.45) is 14.7. The molecule has 33 heavy (non-hydrogen) atoms. The molecule has 178 valence electrons. The second-order valence-corrected chi connectivity index (χ2v) is 10.3. The van der Waals surface area contributed by atoms with Gasteiger partial charge in [-0.3, -0.25) is 9.05 Å². The fraction of sp³-hybridized carbons (Fsp3) is 0.333. The lowest BCUT2D eigenvalue weighted by Crippen LogP contribution is -2.37. The second-order valence-electron chi connectivity index (χ2n) is 8.86. The lowest BCUT2D eigenvalue weighted by atomic mass is 10.1. The third-order valence-corrected chi connectivity index (χ3v) is 5.84. The molecule has 0 radical (unpaired) electrons. The highest BCUT2D eigenvalue weighted by molar-refractivity contribution is 7.47. The first kappa shape index (κ1) is 27.0. The maximum atomic E-state index is 11.9. The van der Waals surface area contributed by atoms with Gasteiger partial charge in [0.15, 0.2) is 0 Å². The number of likely N-dealkylation sites (N-methyl/N-ethyl adjacent to an activating group) is 1. The highest BCUT2D eigenvalue weighted by Gasteiger charge is 2.21. The van der Waals surface area contributed by atoms with Crippen LogP contribution in [0.4, 0.5) is 0 Å². The van der Waals surface area contributed by atoms with E-state index < -0.39 is 7.82 Å². The van der Waals surface area contributed by atoms with Gasteiger partial charge in [-0.25, -0.2) is 4.57 Å². The van der Waals surface area contributed by atoms with Crippen LogP contribution < -0.4 is 0 Å². The van der Waals surface area contributed by atoms with Crippen molar-refractivity contribution >= 4 is 20.0 Å². The minimum atomic E-state index is -3.96. The zero-order valence-electron chi connectivity index (χ0n) is 20.0. The first-order chi connectivity index (χ1) is 15.7. The summed E-state index contributed by atoms with van der Waals surface area (Å²) in [6, 6.07) is 18.6. The standard InChI is InChI=1S/C27H36NO4P/c1-28(2,3)22-24-32-33(29,30)31-23-12-11-17-27-20-18-26(19-21-27)16-8-5-4-7-13-25-14-9-6-10-15-25/h4-10,13-16,18-21H,11-12,17,22-24H2,1-3H3/p+1/b5-4+,13-7+,16-8+. The largest absolute Gasteiger partial charge is 0.472 e. The normalized spacial score (nSPS) is 14.4. The van der Waals surface area contributed by atoms with Crippen LogP contribution in [0.5, 0.6) is 0 Å². The first-order valence-electron chi connectivity index (χ1n) is 11.3. The van der Waals surface area contributed by atoms with Crippen molar-refractivity contribution in [2.24, 2.45) is 0 Å². The minimum Gasteiger partial charge on any atom is -0.329 e. The molecule has 2 aromatic carbocycles. The Morgan fingerprint density at radius 1 is 0.788 bits per heavy atom. The van der Waals surface area contributed by atoms with Crippen LogP contribution >= 0.6 is 7.82 Å². The molecule has 6 heteroatoms. The highest BCUT2D eigenvalue weighted by atomic mass is 31.2. The van der Waals surface area contributed by atoms with Crippen molar-refractivity contribution in [3.8, 4) is 0 Å². The van der Waals surface area contributed by atoms with Crippen molar-refractivity contribution in [2.75, 3.05) is 40.9 Å². The summed E-state index contributed by atoms with van der Waals surface area (Å²) in [6.45, 7) is 1.04. The van der Waals surface area contributed by atoms with Crippen LogP contribution in [-0.4, -0.2) is 50.3 Å². The molecule has 0 amide bonds. The van der Waals surface area contributed by atoms with Crippen molar-refractivity contribution < 1.29 is 23.0 Å². The van der Waals surface area contributed by atoms with Gasteiger partial charge in [0.2, 0.25) is 0 Å². The van der Waals surface area contributed by atoms with Crippen LogP contribution in [0.25, 0.3) is 12.2 Å². The molecular weight excluding hydrogens is 433 g/mol. The molecule has 0 aromatic heterocycles. The van der Waals surface area contributed by atoms with Gasteiger partial charge in [-0.1, -0.05) is 91.1 Å². The minimum absolute atomic E-state index is 0.193. The number of hydrogen-bond acceptors (Lipinski definition) is 3. The molecule has 0 saturated heterocycles. The molecule has 2 rings (SSSR count). The first-order valence-corrected chi connectivity index (χ1v) is 12.8. The highest BCUT2D eigenvalue weighted by Crippen LogP contribution is 2.43. The van der Waals surface area contributed by atoms with Gasteiger partial charge in [-0.05, 0) is 36.0 Å². The van der Waals surface area contributed by atoms with Gasteiger partial charge in [0.05, 0.1) is 27.7 Å². The molecule has 0 aliphatic rings. The van der Waals surface area contributed by atoms with Crippen molar-refractivity contribution in [2.45, 2.75) is 19.3 Å². The summed E-state index contributed by atoms with van der Waals surface area (Å²) in [4.78, 5) is 9.72. The summed E-state index contributed by atoms with van der Waals surface area (Å²) < 4.78 is 22.6. The maximum Gasteiger partial charge on any atom is 0.472 e. The van der Waals surface area contributed by atoms with E-state index in [1.54, 1.807) is 0 Å². The van der Waals surface area contributed by atoms with Crippen LogP contribution in [0.3, 0.4) is 0 Å². The Morgan fingerprint density at radius 2 is 1.36 bits per heavy atom. The Hall–Kier alpha value is -2.27. The summed E-state index contributed by atoms with van der Waals surface area (Å²) in [5.41, 5.74) is 3.56. The van der Waals surface area contributed by atoms with Crippen molar-refractivity contribution in [1.82, 2.24) is 0 Å². The van der Waals surface area contributed by atoms with Crippen LogP contribution in [0.2, 0.25) is 0 Å². The fourth-order valence-electron chi connectivity index (χ4n) is 2.90.